The third kappa shape index (κ3) is 3.81. The van der Waals surface area contributed by atoms with Gasteiger partial charge in [-0.05, 0) is 72.1 Å². The number of carbonyl (C=O) groups is 1. The van der Waals surface area contributed by atoms with E-state index >= 15 is 0 Å². The number of benzene rings is 3. The van der Waals surface area contributed by atoms with Gasteiger partial charge in [-0.25, -0.2) is 9.18 Å². The van der Waals surface area contributed by atoms with Gasteiger partial charge in [0.1, 0.15) is 12.4 Å². The number of halogens is 1. The second-order valence-corrected chi connectivity index (χ2v) is 9.70. The molecule has 0 aromatic heterocycles. The Balaban J connectivity index is 1.18. The maximum atomic E-state index is 13.6. The minimum atomic E-state index is -0.211. The van der Waals surface area contributed by atoms with E-state index < -0.39 is 0 Å². The van der Waals surface area contributed by atoms with Gasteiger partial charge in [0.15, 0.2) is 0 Å². The molecule has 1 fully saturated rings. The van der Waals surface area contributed by atoms with Crippen LogP contribution in [0.25, 0.3) is 11.1 Å². The summed E-state index contributed by atoms with van der Waals surface area (Å²) in [6, 6.07) is 23.9. The summed E-state index contributed by atoms with van der Waals surface area (Å²) in [5, 5.41) is 0. The van der Waals surface area contributed by atoms with E-state index in [2.05, 4.69) is 54.6 Å². The first-order chi connectivity index (χ1) is 16.7. The number of carbonyl (C=O) groups excluding carboxylic acids is 1. The van der Waals surface area contributed by atoms with E-state index in [0.717, 1.165) is 37.7 Å². The first kappa shape index (κ1) is 21.2. The molecule has 3 aromatic carbocycles. The SMILES string of the molecule is O=C(OCC1c2ccccc2-c2ccccc21)N1C2C=C(Cc3cccc(F)c3)CC1CCC2. The summed E-state index contributed by atoms with van der Waals surface area (Å²) in [6.07, 6.45) is 6.64. The molecular formula is C30H28FNO2. The van der Waals surface area contributed by atoms with E-state index in [1.807, 2.05) is 11.0 Å². The minimum Gasteiger partial charge on any atom is -0.448 e. The summed E-state index contributed by atoms with van der Waals surface area (Å²) in [7, 11) is 0. The topological polar surface area (TPSA) is 29.5 Å². The molecule has 1 aliphatic carbocycles. The lowest BCUT2D eigenvalue weighted by molar-refractivity contribution is 0.0509. The molecule has 3 nitrogen and oxygen atoms in total. The third-order valence-electron chi connectivity index (χ3n) is 7.58. The molecule has 3 aromatic rings. The van der Waals surface area contributed by atoms with Crippen LogP contribution in [0, 0.1) is 5.82 Å². The van der Waals surface area contributed by atoms with Crippen molar-refractivity contribution in [3.8, 4) is 11.1 Å². The highest BCUT2D eigenvalue weighted by molar-refractivity contribution is 5.79. The minimum absolute atomic E-state index is 0.0618. The van der Waals surface area contributed by atoms with E-state index in [1.165, 1.54) is 33.9 Å². The Hall–Kier alpha value is -3.40. The number of hydrogen-bond donors (Lipinski definition) is 0. The van der Waals surface area contributed by atoms with Crippen LogP contribution in [0.3, 0.4) is 0 Å². The number of piperidine rings is 1. The first-order valence-corrected chi connectivity index (χ1v) is 12.2. The fraction of sp³-hybridized carbons (Fsp3) is 0.300. The van der Waals surface area contributed by atoms with Crippen molar-refractivity contribution in [1.82, 2.24) is 4.90 Å². The molecular weight excluding hydrogens is 425 g/mol. The van der Waals surface area contributed by atoms with Gasteiger partial charge in [0, 0.05) is 12.0 Å². The molecule has 3 aliphatic rings. The fourth-order valence-corrected chi connectivity index (χ4v) is 6.11. The average molecular weight is 454 g/mol. The van der Waals surface area contributed by atoms with Crippen LogP contribution in [0.15, 0.2) is 84.4 Å². The van der Waals surface area contributed by atoms with Crippen LogP contribution < -0.4 is 0 Å². The molecule has 0 spiro atoms. The largest absolute Gasteiger partial charge is 0.448 e. The molecule has 34 heavy (non-hydrogen) atoms. The Kier molecular flexibility index (Phi) is 5.44. The van der Waals surface area contributed by atoms with E-state index in [0.29, 0.717) is 6.61 Å². The Morgan fingerprint density at radius 2 is 1.68 bits per heavy atom. The van der Waals surface area contributed by atoms with Crippen molar-refractivity contribution in [3.05, 3.63) is 107 Å². The predicted octanol–water partition coefficient (Wildman–Crippen LogP) is 6.87. The quantitative estimate of drug-likeness (QED) is 0.404. The lowest BCUT2D eigenvalue weighted by Crippen LogP contribution is -2.52. The van der Waals surface area contributed by atoms with Crippen LogP contribution in [0.2, 0.25) is 0 Å². The van der Waals surface area contributed by atoms with Crippen molar-refractivity contribution in [2.45, 2.75) is 50.1 Å². The molecule has 2 atom stereocenters. The number of rotatable bonds is 4. The standard InChI is InChI=1S/C30H28FNO2/c31-22-8-5-7-20(16-22)15-21-17-23-9-6-10-24(18-21)32(23)30(33)34-19-29-27-13-3-1-11-25(27)26-12-2-4-14-28(26)29/h1-5,7-8,11-14,16-17,23-24,29H,6,9-10,15,18-19H2. The molecule has 2 unspecified atom stereocenters. The van der Waals surface area contributed by atoms with Gasteiger partial charge < -0.3 is 4.74 Å². The highest BCUT2D eigenvalue weighted by Crippen LogP contribution is 2.45. The van der Waals surface area contributed by atoms with Gasteiger partial charge in [-0.1, -0.05) is 72.3 Å². The zero-order valence-electron chi connectivity index (χ0n) is 19.1. The van der Waals surface area contributed by atoms with Crippen LogP contribution in [-0.2, 0) is 11.2 Å². The number of hydrogen-bond acceptors (Lipinski definition) is 2. The van der Waals surface area contributed by atoms with E-state index in [1.54, 1.807) is 12.1 Å². The van der Waals surface area contributed by atoms with Crippen molar-refractivity contribution in [2.75, 3.05) is 6.61 Å². The third-order valence-corrected chi connectivity index (χ3v) is 7.58. The van der Waals surface area contributed by atoms with Crippen LogP contribution in [0.1, 0.15) is 48.3 Å². The Bertz CT molecular complexity index is 1220. The molecule has 4 heteroatoms. The van der Waals surface area contributed by atoms with Crippen molar-refractivity contribution >= 4 is 6.09 Å². The molecule has 1 saturated heterocycles. The monoisotopic (exact) mass is 453 g/mol. The van der Waals surface area contributed by atoms with E-state index in [4.69, 9.17) is 4.74 Å². The number of fused-ring (bicyclic) bond motifs is 5. The normalized spacial score (nSPS) is 21.0. The number of amides is 1. The molecule has 172 valence electrons. The summed E-state index contributed by atoms with van der Waals surface area (Å²) in [5.41, 5.74) is 7.21. The molecule has 0 N–H and O–H groups in total. The fourth-order valence-electron chi connectivity index (χ4n) is 6.11. The highest BCUT2D eigenvalue weighted by Gasteiger charge is 2.38. The van der Waals surface area contributed by atoms with Crippen molar-refractivity contribution in [1.29, 1.82) is 0 Å². The van der Waals surface area contributed by atoms with Gasteiger partial charge in [-0.15, -0.1) is 0 Å². The molecule has 1 amide bonds. The van der Waals surface area contributed by atoms with E-state index in [-0.39, 0.29) is 29.9 Å². The Labute approximate surface area is 199 Å². The summed E-state index contributed by atoms with van der Waals surface area (Å²) in [5.74, 6) is -0.130. The molecule has 0 radical (unpaired) electrons. The second-order valence-electron chi connectivity index (χ2n) is 9.70. The van der Waals surface area contributed by atoms with Crippen LogP contribution in [0.4, 0.5) is 9.18 Å². The zero-order chi connectivity index (χ0) is 23.1. The van der Waals surface area contributed by atoms with Gasteiger partial charge in [-0.3, -0.25) is 4.90 Å². The first-order valence-electron chi connectivity index (χ1n) is 12.2. The van der Waals surface area contributed by atoms with Crippen LogP contribution >= 0.6 is 0 Å². The van der Waals surface area contributed by atoms with Crippen LogP contribution in [-0.4, -0.2) is 29.7 Å². The molecule has 0 saturated carbocycles. The smallest absolute Gasteiger partial charge is 0.410 e. The summed E-state index contributed by atoms with van der Waals surface area (Å²) in [4.78, 5) is 15.3. The van der Waals surface area contributed by atoms with E-state index in [9.17, 15) is 9.18 Å². The van der Waals surface area contributed by atoms with Gasteiger partial charge in [0.25, 0.3) is 0 Å². The zero-order valence-corrected chi connectivity index (χ0v) is 19.1. The number of nitrogens with zero attached hydrogens (tertiary/aromatic N) is 1. The Morgan fingerprint density at radius 1 is 0.941 bits per heavy atom. The average Bonchev–Trinajstić information content (AvgIpc) is 3.16. The lowest BCUT2D eigenvalue weighted by Gasteiger charge is -2.44. The summed E-state index contributed by atoms with van der Waals surface area (Å²) < 4.78 is 19.6. The highest BCUT2D eigenvalue weighted by atomic mass is 19.1. The van der Waals surface area contributed by atoms with Crippen molar-refractivity contribution < 1.29 is 13.9 Å². The summed E-state index contributed by atoms with van der Waals surface area (Å²) >= 11 is 0. The Morgan fingerprint density at radius 3 is 2.38 bits per heavy atom. The van der Waals surface area contributed by atoms with Gasteiger partial charge >= 0.3 is 6.09 Å². The molecule has 2 aliphatic heterocycles. The van der Waals surface area contributed by atoms with Crippen molar-refractivity contribution in [2.24, 2.45) is 0 Å². The van der Waals surface area contributed by atoms with Gasteiger partial charge in [0.05, 0.1) is 6.04 Å². The molecule has 6 rings (SSSR count). The van der Waals surface area contributed by atoms with Crippen molar-refractivity contribution in [3.63, 3.8) is 0 Å². The molecule has 2 heterocycles. The maximum absolute atomic E-state index is 13.6. The second kappa shape index (κ2) is 8.75. The van der Waals surface area contributed by atoms with Gasteiger partial charge in [-0.2, -0.15) is 0 Å². The van der Waals surface area contributed by atoms with Gasteiger partial charge in [0.2, 0.25) is 0 Å². The van der Waals surface area contributed by atoms with Crippen LogP contribution in [0.5, 0.6) is 0 Å². The maximum Gasteiger partial charge on any atom is 0.410 e. The predicted molar refractivity (Wildman–Crippen MR) is 131 cm³/mol. The number of ether oxygens (including phenoxy) is 1. The summed E-state index contributed by atoms with van der Waals surface area (Å²) in [6.45, 7) is 0.350. The molecule has 2 bridgehead atoms. The lowest BCUT2D eigenvalue weighted by atomic mass is 9.83.